The number of nitrogens with zero attached hydrogens (tertiary/aromatic N) is 3. The molecule has 0 unspecified atom stereocenters. The number of carbonyl (C=O) groups excluding carboxylic acids is 2. The second kappa shape index (κ2) is 7.84. The molecule has 0 saturated carbocycles. The summed E-state index contributed by atoms with van der Waals surface area (Å²) >= 11 is 0. The average Bonchev–Trinajstić information content (AvgIpc) is 2.67. The Hall–Kier alpha value is -3.16. The highest BCUT2D eigenvalue weighted by molar-refractivity contribution is 5.94. The molecule has 148 valence electrons. The Balaban J connectivity index is 2.11. The number of aromatic nitrogens is 2. The minimum Gasteiger partial charge on any atom is -0.355 e. The first-order valence-electron chi connectivity index (χ1n) is 9.31. The number of rotatable bonds is 4. The maximum absolute atomic E-state index is 13.3. The van der Waals surface area contributed by atoms with Crippen molar-refractivity contribution in [2.45, 2.75) is 39.8 Å². The van der Waals surface area contributed by atoms with Crippen LogP contribution in [0.1, 0.15) is 42.4 Å². The van der Waals surface area contributed by atoms with Crippen molar-refractivity contribution < 1.29 is 9.59 Å². The van der Waals surface area contributed by atoms with Crippen LogP contribution >= 0.6 is 0 Å². The third-order valence-electron chi connectivity index (χ3n) is 4.71. The molecule has 8 heteroatoms. The molecule has 0 saturated heterocycles. The molecule has 2 heterocycles. The fourth-order valence-electron chi connectivity index (χ4n) is 3.26. The molecule has 3 rings (SSSR count). The smallest absolute Gasteiger partial charge is 0.263 e. The molecule has 1 aromatic heterocycles. The Bertz CT molecular complexity index is 963. The van der Waals surface area contributed by atoms with Gasteiger partial charge < -0.3 is 15.5 Å². The van der Waals surface area contributed by atoms with Crippen molar-refractivity contribution in [1.82, 2.24) is 19.8 Å². The van der Waals surface area contributed by atoms with E-state index in [1.807, 2.05) is 13.8 Å². The van der Waals surface area contributed by atoms with E-state index in [2.05, 4.69) is 15.6 Å². The first-order chi connectivity index (χ1) is 13.3. The van der Waals surface area contributed by atoms with Gasteiger partial charge in [-0.2, -0.15) is 0 Å². The van der Waals surface area contributed by atoms with Gasteiger partial charge in [-0.05, 0) is 44.5 Å². The van der Waals surface area contributed by atoms with Crippen molar-refractivity contribution in [2.24, 2.45) is 0 Å². The minimum absolute atomic E-state index is 0.0280. The lowest BCUT2D eigenvalue weighted by atomic mass is 10.1. The molecule has 0 spiro atoms. The zero-order valence-corrected chi connectivity index (χ0v) is 16.6. The highest BCUT2D eigenvalue weighted by Gasteiger charge is 2.25. The summed E-state index contributed by atoms with van der Waals surface area (Å²) in [5, 5.41) is 5.80. The standard InChI is InChI=1S/C20H25N5O3/c1-12(2)22-20-23-17-11-24(13(3)26)10-9-16(17)19(28)25(20)15-7-5-14(6-8-15)18(27)21-4/h5-8,12H,9-11H2,1-4H3,(H,21,27)(H,22,23). The van der Waals surface area contributed by atoms with Crippen molar-refractivity contribution in [3.8, 4) is 5.69 Å². The zero-order valence-electron chi connectivity index (χ0n) is 16.6. The lowest BCUT2D eigenvalue weighted by Gasteiger charge is -2.28. The highest BCUT2D eigenvalue weighted by Crippen LogP contribution is 2.20. The van der Waals surface area contributed by atoms with Gasteiger partial charge >= 0.3 is 0 Å². The van der Waals surface area contributed by atoms with Crippen LogP contribution in [0.15, 0.2) is 29.1 Å². The van der Waals surface area contributed by atoms with E-state index in [0.717, 1.165) is 0 Å². The molecule has 8 nitrogen and oxygen atoms in total. The summed E-state index contributed by atoms with van der Waals surface area (Å²) in [6.45, 7) is 6.29. The number of hydrogen-bond donors (Lipinski definition) is 2. The molecule has 0 fully saturated rings. The van der Waals surface area contributed by atoms with E-state index in [9.17, 15) is 14.4 Å². The fraction of sp³-hybridized carbons (Fsp3) is 0.400. The lowest BCUT2D eigenvalue weighted by Crippen LogP contribution is -2.40. The highest BCUT2D eigenvalue weighted by atomic mass is 16.2. The number of anilines is 1. The van der Waals surface area contributed by atoms with Crippen molar-refractivity contribution in [1.29, 1.82) is 0 Å². The Kier molecular flexibility index (Phi) is 5.48. The van der Waals surface area contributed by atoms with Crippen LogP contribution in [-0.2, 0) is 17.8 Å². The summed E-state index contributed by atoms with van der Waals surface area (Å²) in [7, 11) is 1.57. The quantitative estimate of drug-likeness (QED) is 0.830. The van der Waals surface area contributed by atoms with E-state index in [4.69, 9.17) is 0 Å². The van der Waals surface area contributed by atoms with E-state index in [0.29, 0.717) is 48.0 Å². The van der Waals surface area contributed by atoms with E-state index in [1.165, 1.54) is 11.5 Å². The van der Waals surface area contributed by atoms with E-state index in [-0.39, 0.29) is 23.4 Å². The van der Waals surface area contributed by atoms with Crippen LogP contribution in [0.3, 0.4) is 0 Å². The second-order valence-electron chi connectivity index (χ2n) is 7.12. The van der Waals surface area contributed by atoms with Crippen molar-refractivity contribution in [2.75, 3.05) is 18.9 Å². The van der Waals surface area contributed by atoms with Gasteiger partial charge in [0.2, 0.25) is 11.9 Å². The molecule has 28 heavy (non-hydrogen) atoms. The number of nitrogens with one attached hydrogen (secondary N) is 2. The van der Waals surface area contributed by atoms with Crippen LogP contribution in [0.2, 0.25) is 0 Å². The zero-order chi connectivity index (χ0) is 20.4. The number of carbonyl (C=O) groups is 2. The number of benzene rings is 1. The fourth-order valence-corrected chi connectivity index (χ4v) is 3.26. The molecule has 0 radical (unpaired) electrons. The summed E-state index contributed by atoms with van der Waals surface area (Å²) in [5.74, 6) is 0.212. The van der Waals surface area contributed by atoms with E-state index < -0.39 is 0 Å². The van der Waals surface area contributed by atoms with E-state index >= 15 is 0 Å². The predicted molar refractivity (Wildman–Crippen MR) is 107 cm³/mol. The van der Waals surface area contributed by atoms with Gasteiger partial charge in [0.05, 0.1) is 17.9 Å². The summed E-state index contributed by atoms with van der Waals surface area (Å²) < 4.78 is 1.54. The topological polar surface area (TPSA) is 96.3 Å². The predicted octanol–water partition coefficient (Wildman–Crippen LogP) is 1.32. The summed E-state index contributed by atoms with van der Waals surface area (Å²) in [5.41, 5.74) is 2.25. The second-order valence-corrected chi connectivity index (χ2v) is 7.12. The molecule has 2 aromatic rings. The SMILES string of the molecule is CNC(=O)c1ccc(-n2c(NC(C)C)nc3c(c2=O)CCN(C(C)=O)C3)cc1. The van der Waals surface area contributed by atoms with Crippen LogP contribution in [-0.4, -0.2) is 45.9 Å². The van der Waals surface area contributed by atoms with Crippen LogP contribution < -0.4 is 16.2 Å². The average molecular weight is 383 g/mol. The van der Waals surface area contributed by atoms with Gasteiger partial charge in [0.15, 0.2) is 0 Å². The molecule has 2 N–H and O–H groups in total. The lowest BCUT2D eigenvalue weighted by molar-refractivity contribution is -0.129. The van der Waals surface area contributed by atoms with Gasteiger partial charge in [0.25, 0.3) is 11.5 Å². The third kappa shape index (κ3) is 3.76. The molecule has 0 bridgehead atoms. The van der Waals surface area contributed by atoms with Crippen molar-refractivity contribution in [3.05, 3.63) is 51.4 Å². The summed E-state index contributed by atoms with van der Waals surface area (Å²) in [6, 6.07) is 6.88. The van der Waals surface area contributed by atoms with Gasteiger partial charge in [-0.25, -0.2) is 9.55 Å². The Morgan fingerprint density at radius 1 is 1.18 bits per heavy atom. The molecule has 0 atom stereocenters. The Morgan fingerprint density at radius 2 is 1.86 bits per heavy atom. The number of amides is 2. The summed E-state index contributed by atoms with van der Waals surface area (Å²) in [4.78, 5) is 43.1. The van der Waals surface area contributed by atoms with Gasteiger partial charge in [0.1, 0.15) is 0 Å². The van der Waals surface area contributed by atoms with Gasteiger partial charge in [0, 0.05) is 37.7 Å². The largest absolute Gasteiger partial charge is 0.355 e. The van der Waals surface area contributed by atoms with Crippen molar-refractivity contribution in [3.63, 3.8) is 0 Å². The first-order valence-corrected chi connectivity index (χ1v) is 9.31. The molecular weight excluding hydrogens is 358 g/mol. The van der Waals surface area contributed by atoms with Gasteiger partial charge in [-0.3, -0.25) is 14.4 Å². The normalized spacial score (nSPS) is 13.2. The maximum Gasteiger partial charge on any atom is 0.263 e. The Labute approximate surface area is 163 Å². The molecule has 1 aromatic carbocycles. The van der Waals surface area contributed by atoms with E-state index in [1.54, 1.807) is 36.2 Å². The molecule has 1 aliphatic rings. The van der Waals surface area contributed by atoms with Gasteiger partial charge in [-0.1, -0.05) is 0 Å². The first kappa shape index (κ1) is 19.6. The van der Waals surface area contributed by atoms with Crippen LogP contribution in [0.4, 0.5) is 5.95 Å². The van der Waals surface area contributed by atoms with Crippen LogP contribution in [0.25, 0.3) is 5.69 Å². The molecule has 2 amide bonds. The summed E-state index contributed by atoms with van der Waals surface area (Å²) in [6.07, 6.45) is 0.471. The third-order valence-corrected chi connectivity index (χ3v) is 4.71. The molecule has 0 aliphatic carbocycles. The monoisotopic (exact) mass is 383 g/mol. The van der Waals surface area contributed by atoms with Crippen molar-refractivity contribution >= 4 is 17.8 Å². The number of fused-ring (bicyclic) bond motifs is 1. The van der Waals surface area contributed by atoms with Crippen LogP contribution in [0, 0.1) is 0 Å². The molecular formula is C20H25N5O3. The Morgan fingerprint density at radius 3 is 2.43 bits per heavy atom. The van der Waals surface area contributed by atoms with Crippen LogP contribution in [0.5, 0.6) is 0 Å². The number of hydrogen-bond acceptors (Lipinski definition) is 5. The molecule has 1 aliphatic heterocycles. The van der Waals surface area contributed by atoms with Gasteiger partial charge in [-0.15, -0.1) is 0 Å². The maximum atomic E-state index is 13.3. The minimum atomic E-state index is -0.188.